The third kappa shape index (κ3) is 3.61. The second-order valence-electron chi connectivity index (χ2n) is 5.76. The standard InChI is InChI=1S/C19H18FNO5/c1-12(25-14-9-7-13(20)8-10-14)18(22)21-11-17(19(23)24-2)26-16-6-4-3-5-15(16)21/h3-10,12,17H,11H2,1-2H3/t12-,17+/m0/s1. The van der Waals surface area contributed by atoms with Crippen molar-refractivity contribution in [2.45, 2.75) is 19.1 Å². The highest BCUT2D eigenvalue weighted by molar-refractivity contribution is 5.99. The molecule has 2 aromatic carbocycles. The molecule has 1 aliphatic rings. The van der Waals surface area contributed by atoms with Crippen molar-refractivity contribution in [1.82, 2.24) is 0 Å². The minimum atomic E-state index is -0.920. The third-order valence-corrected chi connectivity index (χ3v) is 3.98. The quantitative estimate of drug-likeness (QED) is 0.785. The van der Waals surface area contributed by atoms with E-state index in [9.17, 15) is 14.0 Å². The van der Waals surface area contributed by atoms with E-state index in [1.54, 1.807) is 31.2 Å². The van der Waals surface area contributed by atoms with Crippen molar-refractivity contribution < 1.29 is 28.2 Å². The summed E-state index contributed by atoms with van der Waals surface area (Å²) in [4.78, 5) is 26.2. The van der Waals surface area contributed by atoms with Crippen molar-refractivity contribution >= 4 is 17.6 Å². The van der Waals surface area contributed by atoms with Crippen LogP contribution >= 0.6 is 0 Å². The van der Waals surface area contributed by atoms with E-state index in [2.05, 4.69) is 0 Å². The number of methoxy groups -OCH3 is 1. The number of amides is 1. The normalized spacial score (nSPS) is 16.9. The van der Waals surface area contributed by atoms with Crippen LogP contribution in [0, 0.1) is 5.82 Å². The zero-order valence-electron chi connectivity index (χ0n) is 14.3. The summed E-state index contributed by atoms with van der Waals surface area (Å²) < 4.78 is 29.0. The van der Waals surface area contributed by atoms with E-state index >= 15 is 0 Å². The Morgan fingerprint density at radius 3 is 2.58 bits per heavy atom. The lowest BCUT2D eigenvalue weighted by Crippen LogP contribution is -2.50. The molecular formula is C19H18FNO5. The molecule has 136 valence electrons. The number of hydrogen-bond donors (Lipinski definition) is 0. The first kappa shape index (κ1) is 17.7. The van der Waals surface area contributed by atoms with Gasteiger partial charge in [0.25, 0.3) is 5.91 Å². The van der Waals surface area contributed by atoms with Gasteiger partial charge in [-0.25, -0.2) is 9.18 Å². The highest BCUT2D eigenvalue weighted by atomic mass is 19.1. The molecule has 0 radical (unpaired) electrons. The van der Waals surface area contributed by atoms with Crippen molar-refractivity contribution in [3.8, 4) is 11.5 Å². The zero-order valence-corrected chi connectivity index (χ0v) is 14.3. The molecule has 0 bridgehead atoms. The highest BCUT2D eigenvalue weighted by Gasteiger charge is 2.36. The number of halogens is 1. The van der Waals surface area contributed by atoms with Crippen LogP contribution in [0.15, 0.2) is 48.5 Å². The van der Waals surface area contributed by atoms with Gasteiger partial charge in [-0.2, -0.15) is 0 Å². The molecule has 7 heteroatoms. The predicted octanol–water partition coefficient (Wildman–Crippen LogP) is 2.56. The van der Waals surface area contributed by atoms with Crippen LogP contribution < -0.4 is 14.4 Å². The fourth-order valence-electron chi connectivity index (χ4n) is 2.68. The molecular weight excluding hydrogens is 341 g/mol. The van der Waals surface area contributed by atoms with Crippen molar-refractivity contribution in [1.29, 1.82) is 0 Å². The van der Waals surface area contributed by atoms with Crippen LogP contribution in [-0.4, -0.2) is 37.7 Å². The number of carbonyl (C=O) groups is 2. The van der Waals surface area contributed by atoms with Gasteiger partial charge in [0, 0.05) is 0 Å². The first-order valence-corrected chi connectivity index (χ1v) is 8.06. The molecule has 1 amide bonds. The van der Waals surface area contributed by atoms with Gasteiger partial charge in [0.1, 0.15) is 17.3 Å². The first-order chi connectivity index (χ1) is 12.5. The van der Waals surface area contributed by atoms with E-state index in [1.165, 1.54) is 36.3 Å². The van der Waals surface area contributed by atoms with Gasteiger partial charge in [0.2, 0.25) is 6.10 Å². The highest BCUT2D eigenvalue weighted by Crippen LogP contribution is 2.34. The van der Waals surface area contributed by atoms with Crippen LogP contribution in [0.5, 0.6) is 11.5 Å². The lowest BCUT2D eigenvalue weighted by Gasteiger charge is -2.34. The van der Waals surface area contributed by atoms with E-state index in [-0.39, 0.29) is 18.3 Å². The summed E-state index contributed by atoms with van der Waals surface area (Å²) in [5.41, 5.74) is 0.548. The monoisotopic (exact) mass is 359 g/mol. The molecule has 0 aliphatic carbocycles. The Bertz CT molecular complexity index is 808. The summed E-state index contributed by atoms with van der Waals surface area (Å²) in [6.07, 6.45) is -1.76. The Labute approximate surface area is 150 Å². The van der Waals surface area contributed by atoms with Gasteiger partial charge < -0.3 is 19.1 Å². The van der Waals surface area contributed by atoms with Crippen molar-refractivity contribution in [3.63, 3.8) is 0 Å². The van der Waals surface area contributed by atoms with E-state index in [4.69, 9.17) is 14.2 Å². The van der Waals surface area contributed by atoms with Crippen LogP contribution in [0.4, 0.5) is 10.1 Å². The molecule has 0 saturated heterocycles. The largest absolute Gasteiger partial charge is 0.481 e. The van der Waals surface area contributed by atoms with Crippen molar-refractivity contribution in [2.24, 2.45) is 0 Å². The molecule has 26 heavy (non-hydrogen) atoms. The Balaban J connectivity index is 1.82. The number of fused-ring (bicyclic) bond motifs is 1. The molecule has 0 unspecified atom stereocenters. The Hall–Kier alpha value is -3.09. The summed E-state index contributed by atoms with van der Waals surface area (Å²) in [6, 6.07) is 12.3. The number of benzene rings is 2. The molecule has 0 saturated carbocycles. The first-order valence-electron chi connectivity index (χ1n) is 8.06. The fourth-order valence-corrected chi connectivity index (χ4v) is 2.68. The van der Waals surface area contributed by atoms with Gasteiger partial charge in [-0.15, -0.1) is 0 Å². The number of para-hydroxylation sites is 2. The summed E-state index contributed by atoms with van der Waals surface area (Å²) in [5, 5.41) is 0. The third-order valence-electron chi connectivity index (χ3n) is 3.98. The number of carbonyl (C=O) groups excluding carboxylic acids is 2. The number of hydrogen-bond acceptors (Lipinski definition) is 5. The van der Waals surface area contributed by atoms with Crippen molar-refractivity contribution in [2.75, 3.05) is 18.6 Å². The van der Waals surface area contributed by atoms with E-state index < -0.39 is 18.2 Å². The number of rotatable bonds is 4. The van der Waals surface area contributed by atoms with Crippen LogP contribution in [0.25, 0.3) is 0 Å². The van der Waals surface area contributed by atoms with Crippen LogP contribution in [0.1, 0.15) is 6.92 Å². The molecule has 1 aliphatic heterocycles. The topological polar surface area (TPSA) is 65.1 Å². The molecule has 0 fully saturated rings. The molecule has 6 nitrogen and oxygen atoms in total. The van der Waals surface area contributed by atoms with Crippen molar-refractivity contribution in [3.05, 3.63) is 54.3 Å². The Kier molecular flexibility index (Phi) is 5.06. The predicted molar refractivity (Wildman–Crippen MR) is 91.7 cm³/mol. The minimum Gasteiger partial charge on any atom is -0.481 e. The zero-order chi connectivity index (χ0) is 18.7. The molecule has 0 N–H and O–H groups in total. The maximum Gasteiger partial charge on any atom is 0.348 e. The van der Waals surface area contributed by atoms with Gasteiger partial charge in [-0.1, -0.05) is 12.1 Å². The SMILES string of the molecule is COC(=O)[C@H]1CN(C(=O)[C@H](C)Oc2ccc(F)cc2)c2ccccc2O1. The van der Waals surface area contributed by atoms with Gasteiger partial charge in [-0.05, 0) is 43.3 Å². The van der Waals surface area contributed by atoms with Gasteiger partial charge in [-0.3, -0.25) is 4.79 Å². The maximum absolute atomic E-state index is 13.0. The smallest absolute Gasteiger partial charge is 0.348 e. The van der Waals surface area contributed by atoms with Gasteiger partial charge in [0.15, 0.2) is 6.10 Å². The molecule has 0 spiro atoms. The van der Waals surface area contributed by atoms with Gasteiger partial charge in [0.05, 0.1) is 19.3 Å². The average Bonchev–Trinajstić information content (AvgIpc) is 2.67. The van der Waals surface area contributed by atoms with Crippen LogP contribution in [-0.2, 0) is 14.3 Å². The molecule has 1 heterocycles. The second-order valence-corrected chi connectivity index (χ2v) is 5.76. The maximum atomic E-state index is 13.0. The number of anilines is 1. The number of esters is 1. The molecule has 2 atom stereocenters. The summed E-state index contributed by atoms with van der Waals surface area (Å²) in [7, 11) is 1.26. The van der Waals surface area contributed by atoms with Crippen LogP contribution in [0.2, 0.25) is 0 Å². The molecule has 3 rings (SSSR count). The van der Waals surface area contributed by atoms with E-state index in [0.29, 0.717) is 17.2 Å². The summed E-state index contributed by atoms with van der Waals surface area (Å²) in [5.74, 6) is -0.516. The fraction of sp³-hybridized carbons (Fsp3) is 0.263. The summed E-state index contributed by atoms with van der Waals surface area (Å²) >= 11 is 0. The number of ether oxygens (including phenoxy) is 3. The lowest BCUT2D eigenvalue weighted by atomic mass is 10.1. The lowest BCUT2D eigenvalue weighted by molar-refractivity contribution is -0.148. The van der Waals surface area contributed by atoms with E-state index in [1.807, 2.05) is 0 Å². The van der Waals surface area contributed by atoms with E-state index in [0.717, 1.165) is 0 Å². The van der Waals surface area contributed by atoms with Crippen LogP contribution in [0.3, 0.4) is 0 Å². The number of nitrogens with zero attached hydrogens (tertiary/aromatic N) is 1. The average molecular weight is 359 g/mol. The minimum absolute atomic E-state index is 0.0135. The Morgan fingerprint density at radius 1 is 1.19 bits per heavy atom. The second kappa shape index (κ2) is 7.43. The van der Waals surface area contributed by atoms with Gasteiger partial charge >= 0.3 is 5.97 Å². The Morgan fingerprint density at radius 2 is 1.88 bits per heavy atom. The summed E-state index contributed by atoms with van der Waals surface area (Å²) in [6.45, 7) is 1.61. The molecule has 2 aromatic rings. The molecule has 0 aromatic heterocycles.